The summed E-state index contributed by atoms with van der Waals surface area (Å²) in [5.74, 6) is -0.808. The van der Waals surface area contributed by atoms with Gasteiger partial charge in [0.1, 0.15) is 34.3 Å². The van der Waals surface area contributed by atoms with Gasteiger partial charge >= 0.3 is 0 Å². The molecule has 0 fully saturated rings. The number of aliphatic hydroxyl groups excluding tert-OH is 1. The molecular formula is C25H26O8. The molecule has 3 aromatic rings. The normalized spacial score (nSPS) is 17.6. The van der Waals surface area contributed by atoms with Crippen LogP contribution in [-0.4, -0.2) is 37.2 Å². The van der Waals surface area contributed by atoms with Crippen LogP contribution in [0.15, 0.2) is 45.1 Å². The van der Waals surface area contributed by atoms with Crippen LogP contribution in [0.2, 0.25) is 0 Å². The van der Waals surface area contributed by atoms with Crippen molar-refractivity contribution in [1.82, 2.24) is 0 Å². The fraction of sp³-hybridized carbons (Fsp3) is 0.320. The van der Waals surface area contributed by atoms with Crippen molar-refractivity contribution in [2.45, 2.75) is 51.9 Å². The molecule has 0 amide bonds. The minimum absolute atomic E-state index is 0.0265. The predicted molar refractivity (Wildman–Crippen MR) is 122 cm³/mol. The summed E-state index contributed by atoms with van der Waals surface area (Å²) in [5, 5.41) is 52.1. The van der Waals surface area contributed by atoms with Crippen molar-refractivity contribution in [3.8, 4) is 34.3 Å². The zero-order valence-corrected chi connectivity index (χ0v) is 18.7. The van der Waals surface area contributed by atoms with E-state index >= 15 is 0 Å². The van der Waals surface area contributed by atoms with Crippen molar-refractivity contribution in [2.24, 2.45) is 0 Å². The van der Waals surface area contributed by atoms with Gasteiger partial charge in [0.25, 0.3) is 0 Å². The van der Waals surface area contributed by atoms with Gasteiger partial charge in [-0.25, -0.2) is 0 Å². The predicted octanol–water partition coefficient (Wildman–Crippen LogP) is 3.65. The van der Waals surface area contributed by atoms with Gasteiger partial charge in [0.2, 0.25) is 0 Å². The summed E-state index contributed by atoms with van der Waals surface area (Å²) < 4.78 is 11.6. The third kappa shape index (κ3) is 3.92. The highest BCUT2D eigenvalue weighted by atomic mass is 16.5. The molecule has 0 saturated heterocycles. The SMILES string of the molecule is CC(C)=CCc1c(O)cc(O)c2c(=O)cc(-c3cc(O)c4c(c3)C(O)C(C(C)(C)O)O4)oc12. The molecule has 1 aliphatic heterocycles. The van der Waals surface area contributed by atoms with Crippen molar-refractivity contribution < 1.29 is 34.7 Å². The Kier molecular flexibility index (Phi) is 5.38. The number of hydrogen-bond acceptors (Lipinski definition) is 8. The van der Waals surface area contributed by atoms with Crippen LogP contribution in [0.3, 0.4) is 0 Å². The summed E-state index contributed by atoms with van der Waals surface area (Å²) >= 11 is 0. The van der Waals surface area contributed by atoms with Crippen molar-refractivity contribution in [3.05, 3.63) is 57.3 Å². The van der Waals surface area contributed by atoms with Crippen LogP contribution >= 0.6 is 0 Å². The Morgan fingerprint density at radius 3 is 2.39 bits per heavy atom. The minimum Gasteiger partial charge on any atom is -0.507 e. The second kappa shape index (κ2) is 7.83. The molecule has 0 radical (unpaired) electrons. The van der Waals surface area contributed by atoms with Crippen LogP contribution in [0.4, 0.5) is 0 Å². The van der Waals surface area contributed by atoms with Crippen LogP contribution in [0.25, 0.3) is 22.3 Å². The molecule has 2 aromatic carbocycles. The maximum atomic E-state index is 12.9. The third-order valence-electron chi connectivity index (χ3n) is 5.70. The Morgan fingerprint density at radius 1 is 1.06 bits per heavy atom. The van der Waals surface area contributed by atoms with Crippen molar-refractivity contribution in [1.29, 1.82) is 0 Å². The number of ether oxygens (including phenoxy) is 1. The molecule has 4 rings (SSSR count). The molecular weight excluding hydrogens is 428 g/mol. The van der Waals surface area contributed by atoms with E-state index < -0.39 is 29.0 Å². The first-order valence-corrected chi connectivity index (χ1v) is 10.5. The van der Waals surface area contributed by atoms with E-state index in [9.17, 15) is 30.3 Å². The minimum atomic E-state index is -1.38. The van der Waals surface area contributed by atoms with Gasteiger partial charge in [0.05, 0.1) is 5.60 Å². The van der Waals surface area contributed by atoms with Crippen molar-refractivity contribution in [2.75, 3.05) is 0 Å². The van der Waals surface area contributed by atoms with Crippen LogP contribution < -0.4 is 10.2 Å². The molecule has 0 bridgehead atoms. The van der Waals surface area contributed by atoms with Gasteiger partial charge in [-0.15, -0.1) is 0 Å². The summed E-state index contributed by atoms with van der Waals surface area (Å²) in [6.07, 6.45) is -0.0996. The first-order chi connectivity index (χ1) is 15.4. The van der Waals surface area contributed by atoms with Gasteiger partial charge in [-0.2, -0.15) is 0 Å². The number of aromatic hydroxyl groups is 3. The number of rotatable bonds is 4. The topological polar surface area (TPSA) is 141 Å². The summed E-state index contributed by atoms with van der Waals surface area (Å²) in [6, 6.07) is 5.11. The smallest absolute Gasteiger partial charge is 0.197 e. The number of phenols is 3. The Labute approximate surface area is 189 Å². The Balaban J connectivity index is 1.91. The average Bonchev–Trinajstić information content (AvgIpc) is 3.04. The molecule has 33 heavy (non-hydrogen) atoms. The highest BCUT2D eigenvalue weighted by Crippen LogP contribution is 2.48. The lowest BCUT2D eigenvalue weighted by Crippen LogP contribution is -2.41. The van der Waals surface area contributed by atoms with E-state index in [1.807, 2.05) is 19.9 Å². The zero-order valence-electron chi connectivity index (χ0n) is 18.7. The molecule has 5 N–H and O–H groups in total. The highest BCUT2D eigenvalue weighted by Gasteiger charge is 2.44. The van der Waals surface area contributed by atoms with E-state index in [2.05, 4.69) is 0 Å². The lowest BCUT2D eigenvalue weighted by molar-refractivity contribution is -0.0766. The molecule has 174 valence electrons. The summed E-state index contributed by atoms with van der Waals surface area (Å²) in [4.78, 5) is 12.9. The van der Waals surface area contributed by atoms with E-state index in [4.69, 9.17) is 9.15 Å². The maximum Gasteiger partial charge on any atom is 0.197 e. The van der Waals surface area contributed by atoms with E-state index in [0.29, 0.717) is 5.56 Å². The number of fused-ring (bicyclic) bond motifs is 2. The number of hydrogen-bond donors (Lipinski definition) is 5. The second-order valence-electron chi connectivity index (χ2n) is 9.11. The number of phenolic OH excluding ortho intramolecular Hbond substituents is 3. The summed E-state index contributed by atoms with van der Waals surface area (Å²) in [6.45, 7) is 6.76. The Bertz CT molecular complexity index is 1340. The molecule has 2 heterocycles. The molecule has 1 aliphatic rings. The molecule has 0 saturated carbocycles. The van der Waals surface area contributed by atoms with Gasteiger partial charge < -0.3 is 34.7 Å². The molecule has 0 spiro atoms. The molecule has 2 unspecified atom stereocenters. The lowest BCUT2D eigenvalue weighted by Gasteiger charge is -2.27. The van der Waals surface area contributed by atoms with Crippen LogP contribution in [0.1, 0.15) is 44.9 Å². The second-order valence-corrected chi connectivity index (χ2v) is 9.11. The number of aliphatic hydroxyl groups is 2. The van der Waals surface area contributed by atoms with Gasteiger partial charge in [0, 0.05) is 28.8 Å². The molecule has 2 atom stereocenters. The van der Waals surface area contributed by atoms with Crippen LogP contribution in [0.5, 0.6) is 23.0 Å². The standard InChI is InChI=1S/C25H26O8/c1-11(2)5-6-13-15(26)9-16(27)20-17(28)10-19(32-23(13)20)12-7-14-21(30)24(25(3,4)31)33-22(14)18(29)8-12/h5,7-10,21,24,26-27,29-31H,6H2,1-4H3. The largest absolute Gasteiger partial charge is 0.507 e. The zero-order chi connectivity index (χ0) is 24.2. The van der Waals surface area contributed by atoms with Crippen LogP contribution in [-0.2, 0) is 6.42 Å². The van der Waals surface area contributed by atoms with Gasteiger partial charge in [-0.3, -0.25) is 4.79 Å². The summed E-state index contributed by atoms with van der Waals surface area (Å²) in [7, 11) is 0. The molecule has 8 heteroatoms. The fourth-order valence-corrected chi connectivity index (χ4v) is 4.01. The fourth-order valence-electron chi connectivity index (χ4n) is 4.01. The monoisotopic (exact) mass is 454 g/mol. The molecule has 1 aromatic heterocycles. The summed E-state index contributed by atoms with van der Waals surface area (Å²) in [5.41, 5.74) is -0.0439. The maximum absolute atomic E-state index is 12.9. The van der Waals surface area contributed by atoms with E-state index in [1.54, 1.807) is 0 Å². The first kappa shape index (κ1) is 22.7. The van der Waals surface area contributed by atoms with Crippen LogP contribution in [0, 0.1) is 0 Å². The quantitative estimate of drug-likeness (QED) is 0.376. The average molecular weight is 454 g/mol. The van der Waals surface area contributed by atoms with E-state index in [0.717, 1.165) is 11.6 Å². The number of benzene rings is 2. The number of allylic oxidation sites excluding steroid dienone is 2. The first-order valence-electron chi connectivity index (χ1n) is 10.5. The third-order valence-corrected chi connectivity index (χ3v) is 5.70. The highest BCUT2D eigenvalue weighted by molar-refractivity contribution is 5.89. The van der Waals surface area contributed by atoms with Crippen molar-refractivity contribution >= 4 is 11.0 Å². The van der Waals surface area contributed by atoms with Gasteiger partial charge in [0.15, 0.2) is 23.0 Å². The molecule has 0 aliphatic carbocycles. The van der Waals surface area contributed by atoms with Crippen molar-refractivity contribution in [3.63, 3.8) is 0 Å². The Morgan fingerprint density at radius 2 is 1.76 bits per heavy atom. The van der Waals surface area contributed by atoms with E-state index in [-0.39, 0.29) is 51.5 Å². The van der Waals surface area contributed by atoms with Gasteiger partial charge in [-0.1, -0.05) is 11.6 Å². The molecule has 8 nitrogen and oxygen atoms in total. The van der Waals surface area contributed by atoms with Gasteiger partial charge in [-0.05, 0) is 46.2 Å². The lowest BCUT2D eigenvalue weighted by atomic mass is 9.93. The Hall–Kier alpha value is -3.49. The van der Waals surface area contributed by atoms with E-state index in [1.165, 1.54) is 32.0 Å².